The first-order valence-corrected chi connectivity index (χ1v) is 9.13. The standard InChI is InChI=1S/C18H20ClN3O3/c1-3-4-8-22-15(23)12-9(2)21-18(13(12)16(22)24)10-6-5-7-11(19)14(10)20-17(18)25/h5-7,9,12-13,21H,3-4,8H2,1-2H3,(H,20,25)/p+1/t9-,12+,13-,18-/m0/s1. The normalized spacial score (nSPS) is 33.2. The number of imide groups is 1. The second-order valence-corrected chi connectivity index (χ2v) is 7.60. The molecule has 3 aliphatic rings. The van der Waals surface area contributed by atoms with E-state index >= 15 is 0 Å². The van der Waals surface area contributed by atoms with Crippen molar-refractivity contribution in [1.82, 2.24) is 4.90 Å². The predicted octanol–water partition coefficient (Wildman–Crippen LogP) is 0.854. The summed E-state index contributed by atoms with van der Waals surface area (Å²) >= 11 is 6.25. The number of carbonyl (C=O) groups is 3. The Kier molecular flexibility index (Phi) is 3.67. The van der Waals surface area contributed by atoms with E-state index in [1.807, 2.05) is 25.2 Å². The lowest BCUT2D eigenvalue weighted by Crippen LogP contribution is -2.98. The van der Waals surface area contributed by atoms with Crippen molar-refractivity contribution in [2.75, 3.05) is 11.9 Å². The Morgan fingerprint density at radius 3 is 2.76 bits per heavy atom. The third-order valence-corrected chi connectivity index (χ3v) is 6.15. The Balaban J connectivity index is 1.84. The Morgan fingerprint density at radius 2 is 2.04 bits per heavy atom. The highest BCUT2D eigenvalue weighted by molar-refractivity contribution is 6.35. The number of hydrogen-bond donors (Lipinski definition) is 2. The monoisotopic (exact) mass is 362 g/mol. The Hall–Kier alpha value is -1.92. The van der Waals surface area contributed by atoms with E-state index in [1.165, 1.54) is 4.90 Å². The van der Waals surface area contributed by atoms with E-state index in [2.05, 4.69) is 5.32 Å². The molecule has 7 heteroatoms. The molecule has 2 saturated heterocycles. The van der Waals surface area contributed by atoms with E-state index in [0.717, 1.165) is 12.8 Å². The van der Waals surface area contributed by atoms with Gasteiger partial charge in [0.15, 0.2) is 0 Å². The number of carbonyl (C=O) groups excluding carboxylic acids is 3. The first-order chi connectivity index (χ1) is 11.9. The third kappa shape index (κ3) is 1.98. The number of halogens is 1. The molecule has 0 unspecified atom stereocenters. The first kappa shape index (κ1) is 16.5. The van der Waals surface area contributed by atoms with Crippen LogP contribution in [0.1, 0.15) is 32.3 Å². The number of unbranched alkanes of at least 4 members (excludes halogenated alkanes) is 1. The first-order valence-electron chi connectivity index (χ1n) is 8.75. The molecular weight excluding hydrogens is 342 g/mol. The maximum atomic E-state index is 13.1. The number of amides is 3. The molecule has 4 atom stereocenters. The summed E-state index contributed by atoms with van der Waals surface area (Å²) in [6.07, 6.45) is 1.68. The van der Waals surface area contributed by atoms with Gasteiger partial charge >= 0.3 is 0 Å². The van der Waals surface area contributed by atoms with Crippen molar-refractivity contribution in [3.63, 3.8) is 0 Å². The summed E-state index contributed by atoms with van der Waals surface area (Å²) in [6.45, 7) is 4.36. The average molecular weight is 363 g/mol. The van der Waals surface area contributed by atoms with Gasteiger partial charge in [-0.25, -0.2) is 0 Å². The number of nitrogens with two attached hydrogens (primary N) is 1. The molecule has 0 aliphatic carbocycles. The molecule has 1 aromatic carbocycles. The van der Waals surface area contributed by atoms with E-state index in [1.54, 1.807) is 12.1 Å². The summed E-state index contributed by atoms with van der Waals surface area (Å²) in [5.41, 5.74) is 0.172. The molecule has 2 fully saturated rings. The molecule has 1 spiro atoms. The Morgan fingerprint density at radius 1 is 1.28 bits per heavy atom. The van der Waals surface area contributed by atoms with Gasteiger partial charge in [-0.05, 0) is 25.5 Å². The van der Waals surface area contributed by atoms with Gasteiger partial charge in [0.05, 0.1) is 16.8 Å². The van der Waals surface area contributed by atoms with Crippen molar-refractivity contribution in [3.8, 4) is 0 Å². The fraction of sp³-hybridized carbons (Fsp3) is 0.500. The summed E-state index contributed by atoms with van der Waals surface area (Å²) in [4.78, 5) is 40.3. The smallest absolute Gasteiger partial charge is 0.291 e. The van der Waals surface area contributed by atoms with Crippen LogP contribution in [0.15, 0.2) is 18.2 Å². The van der Waals surface area contributed by atoms with Crippen LogP contribution in [0.5, 0.6) is 0 Å². The molecule has 25 heavy (non-hydrogen) atoms. The highest BCUT2D eigenvalue weighted by Gasteiger charge is 2.73. The fourth-order valence-corrected chi connectivity index (χ4v) is 4.95. The Labute approximate surface area is 150 Å². The molecule has 0 bridgehead atoms. The van der Waals surface area contributed by atoms with E-state index in [9.17, 15) is 14.4 Å². The maximum absolute atomic E-state index is 13.1. The van der Waals surface area contributed by atoms with Crippen LogP contribution in [-0.4, -0.2) is 35.2 Å². The van der Waals surface area contributed by atoms with Gasteiger partial charge in [-0.2, -0.15) is 0 Å². The van der Waals surface area contributed by atoms with Gasteiger partial charge in [0.25, 0.3) is 5.91 Å². The fourth-order valence-electron chi connectivity index (χ4n) is 4.73. The predicted molar refractivity (Wildman–Crippen MR) is 91.8 cm³/mol. The number of fused-ring (bicyclic) bond motifs is 4. The molecule has 1 aromatic rings. The van der Waals surface area contributed by atoms with Crippen LogP contribution in [0.4, 0.5) is 5.69 Å². The molecule has 6 nitrogen and oxygen atoms in total. The van der Waals surface area contributed by atoms with Gasteiger partial charge in [0.1, 0.15) is 11.8 Å². The lowest BCUT2D eigenvalue weighted by molar-refractivity contribution is -0.730. The number of quaternary nitrogens is 1. The SMILES string of the molecule is CCCCN1C(=O)[C@@H]2[C@H](C)[NH2+][C@]3(C(=O)Nc4c(Cl)cccc43)[C@@H]2C1=O. The van der Waals surface area contributed by atoms with Gasteiger partial charge in [0, 0.05) is 12.1 Å². The zero-order valence-corrected chi connectivity index (χ0v) is 15.0. The van der Waals surface area contributed by atoms with Crippen molar-refractivity contribution >= 4 is 35.0 Å². The summed E-state index contributed by atoms with van der Waals surface area (Å²) < 4.78 is 0. The number of hydrogen-bond acceptors (Lipinski definition) is 3. The van der Waals surface area contributed by atoms with E-state index in [4.69, 9.17) is 11.6 Å². The summed E-state index contributed by atoms with van der Waals surface area (Å²) in [5.74, 6) is -1.78. The topological polar surface area (TPSA) is 83.1 Å². The third-order valence-electron chi connectivity index (χ3n) is 5.83. The van der Waals surface area contributed by atoms with Crippen molar-refractivity contribution in [2.45, 2.75) is 38.3 Å². The molecule has 3 aliphatic heterocycles. The number of para-hydroxylation sites is 1. The second-order valence-electron chi connectivity index (χ2n) is 7.20. The number of likely N-dealkylation sites (tertiary alicyclic amines) is 1. The van der Waals surface area contributed by atoms with Crippen LogP contribution in [0.3, 0.4) is 0 Å². The van der Waals surface area contributed by atoms with Crippen LogP contribution in [-0.2, 0) is 19.9 Å². The van der Waals surface area contributed by atoms with Crippen molar-refractivity contribution in [2.24, 2.45) is 11.8 Å². The second kappa shape index (κ2) is 5.54. The molecule has 3 N–H and O–H groups in total. The number of benzene rings is 1. The van der Waals surface area contributed by atoms with Crippen LogP contribution < -0.4 is 10.6 Å². The molecule has 132 valence electrons. The zero-order valence-electron chi connectivity index (χ0n) is 14.2. The highest BCUT2D eigenvalue weighted by atomic mass is 35.5. The minimum atomic E-state index is -1.10. The number of nitrogens with one attached hydrogen (secondary N) is 1. The van der Waals surface area contributed by atoms with Crippen LogP contribution in [0.2, 0.25) is 5.02 Å². The number of rotatable bonds is 3. The minimum Gasteiger partial charge on any atom is -0.326 e. The van der Waals surface area contributed by atoms with E-state index < -0.39 is 17.4 Å². The average Bonchev–Trinajstić information content (AvgIpc) is 3.13. The Bertz CT molecular complexity index is 796. The molecule has 3 amide bonds. The molecule has 0 radical (unpaired) electrons. The lowest BCUT2D eigenvalue weighted by atomic mass is 9.76. The quantitative estimate of drug-likeness (QED) is 0.782. The van der Waals surface area contributed by atoms with Crippen molar-refractivity contribution < 1.29 is 19.7 Å². The van der Waals surface area contributed by atoms with E-state index in [0.29, 0.717) is 22.8 Å². The minimum absolute atomic E-state index is 0.146. The zero-order chi connectivity index (χ0) is 17.9. The largest absolute Gasteiger partial charge is 0.326 e. The number of nitrogens with zero attached hydrogens (tertiary/aromatic N) is 1. The van der Waals surface area contributed by atoms with Crippen LogP contribution in [0.25, 0.3) is 0 Å². The van der Waals surface area contributed by atoms with Gasteiger partial charge in [0.2, 0.25) is 17.4 Å². The highest BCUT2D eigenvalue weighted by Crippen LogP contribution is 2.50. The van der Waals surface area contributed by atoms with Crippen LogP contribution >= 0.6 is 11.6 Å². The molecular formula is C18H21ClN3O3+. The van der Waals surface area contributed by atoms with E-state index in [-0.39, 0.29) is 23.8 Å². The molecule has 4 rings (SSSR count). The molecule has 0 aromatic heterocycles. The van der Waals surface area contributed by atoms with Gasteiger partial charge in [-0.1, -0.05) is 31.0 Å². The van der Waals surface area contributed by atoms with Gasteiger partial charge in [-0.3, -0.25) is 19.3 Å². The number of anilines is 1. The summed E-state index contributed by atoms with van der Waals surface area (Å²) in [6, 6.07) is 5.18. The maximum Gasteiger partial charge on any atom is 0.291 e. The van der Waals surface area contributed by atoms with Crippen molar-refractivity contribution in [3.05, 3.63) is 28.8 Å². The van der Waals surface area contributed by atoms with Gasteiger partial charge in [-0.15, -0.1) is 0 Å². The van der Waals surface area contributed by atoms with Crippen LogP contribution in [0, 0.1) is 11.8 Å². The van der Waals surface area contributed by atoms with Crippen molar-refractivity contribution in [1.29, 1.82) is 0 Å². The molecule has 0 saturated carbocycles. The summed E-state index contributed by atoms with van der Waals surface area (Å²) in [7, 11) is 0. The summed E-state index contributed by atoms with van der Waals surface area (Å²) in [5, 5.41) is 5.17. The van der Waals surface area contributed by atoms with Gasteiger partial charge < -0.3 is 10.6 Å². The molecule has 3 heterocycles. The lowest BCUT2D eigenvalue weighted by Gasteiger charge is -2.25.